The van der Waals surface area contributed by atoms with Crippen molar-refractivity contribution in [3.63, 3.8) is 0 Å². The summed E-state index contributed by atoms with van der Waals surface area (Å²) in [5.74, 6) is -0.609. The van der Waals surface area contributed by atoms with Crippen molar-refractivity contribution in [3.8, 4) is 22.5 Å². The minimum Gasteiger partial charge on any atom is -0.501 e. The molecule has 0 bridgehead atoms. The van der Waals surface area contributed by atoms with Crippen LogP contribution in [0.15, 0.2) is 120 Å². The topological polar surface area (TPSA) is 38.9 Å². The molecule has 0 unspecified atom stereocenters. The molecule has 52 heavy (non-hydrogen) atoms. The Bertz CT molecular complexity index is 2650. The Morgan fingerprint density at radius 3 is 2.27 bits per heavy atom. The van der Waals surface area contributed by atoms with Gasteiger partial charge in [-0.2, -0.15) is 0 Å². The quantitative estimate of drug-likeness (QED) is 0.0982. The third kappa shape index (κ3) is 7.83. The van der Waals surface area contributed by atoms with Gasteiger partial charge in [0.1, 0.15) is 5.58 Å². The van der Waals surface area contributed by atoms with Crippen LogP contribution in [0.3, 0.4) is 0 Å². The molecule has 0 spiro atoms. The zero-order chi connectivity index (χ0) is 38.6. The molecule has 3 nitrogen and oxygen atoms in total. The molecule has 0 atom stereocenters. The number of aromatic nitrogens is 2. The zero-order valence-electron chi connectivity index (χ0n) is 34.1. The van der Waals surface area contributed by atoms with Gasteiger partial charge in [0.2, 0.25) is 0 Å². The molecule has 3 heterocycles. The number of nitrogens with zero attached hydrogens (tertiary/aromatic N) is 2. The summed E-state index contributed by atoms with van der Waals surface area (Å²) in [6.45, 7) is 16.5. The van der Waals surface area contributed by atoms with E-state index in [9.17, 15) is 0 Å². The van der Waals surface area contributed by atoms with Gasteiger partial charge in [-0.25, -0.2) is 0 Å². The second kappa shape index (κ2) is 14.9. The molecule has 0 aliphatic rings. The van der Waals surface area contributed by atoms with Crippen LogP contribution in [0.5, 0.6) is 0 Å². The van der Waals surface area contributed by atoms with Crippen molar-refractivity contribution >= 4 is 56.7 Å². The number of furan rings is 1. The van der Waals surface area contributed by atoms with E-state index in [0.29, 0.717) is 11.3 Å². The number of rotatable bonds is 5. The van der Waals surface area contributed by atoms with Crippen LogP contribution in [-0.4, -0.2) is 18.0 Å². The van der Waals surface area contributed by atoms with Crippen molar-refractivity contribution in [3.05, 3.63) is 139 Å². The number of pyridine rings is 2. The predicted octanol–water partition coefficient (Wildman–Crippen LogP) is 12.6. The number of hydrogen-bond acceptors (Lipinski definition) is 3. The first-order valence-corrected chi connectivity index (χ1v) is 21.1. The average Bonchev–Trinajstić information content (AvgIpc) is 3.51. The maximum absolute atomic E-state index is 8.68. The van der Waals surface area contributed by atoms with Crippen molar-refractivity contribution < 1.29 is 28.6 Å². The normalized spacial score (nSPS) is 13.3. The molecule has 265 valence electrons. The van der Waals surface area contributed by atoms with Gasteiger partial charge in [0, 0.05) is 42.0 Å². The van der Waals surface area contributed by atoms with Crippen LogP contribution in [0.1, 0.15) is 55.8 Å². The molecule has 1 radical (unpaired) electrons. The Morgan fingerprint density at radius 1 is 0.769 bits per heavy atom. The molecule has 5 heteroatoms. The molecular formula is C47H46IrN2OSi-2. The fraction of sp³-hybridized carbons (Fsp3) is 0.234. The van der Waals surface area contributed by atoms with E-state index in [1.807, 2.05) is 83.3 Å². The van der Waals surface area contributed by atoms with Gasteiger partial charge in [-0.1, -0.05) is 125 Å². The Kier molecular flexibility index (Phi) is 9.58. The van der Waals surface area contributed by atoms with Gasteiger partial charge in [0.25, 0.3) is 0 Å². The molecule has 0 fully saturated rings. The van der Waals surface area contributed by atoms with Crippen molar-refractivity contribution in [2.24, 2.45) is 5.41 Å². The monoisotopic (exact) mass is 878 g/mol. The second-order valence-corrected chi connectivity index (χ2v) is 20.5. The molecule has 0 amide bonds. The van der Waals surface area contributed by atoms with E-state index in [-0.39, 0.29) is 20.1 Å². The summed E-state index contributed by atoms with van der Waals surface area (Å²) >= 11 is 0. The maximum atomic E-state index is 8.68. The molecule has 0 aliphatic carbocycles. The van der Waals surface area contributed by atoms with Crippen LogP contribution in [0.25, 0.3) is 66.0 Å². The summed E-state index contributed by atoms with van der Waals surface area (Å²) in [6.07, 6.45) is 2.14. The zero-order valence-corrected chi connectivity index (χ0v) is 34.5. The van der Waals surface area contributed by atoms with Gasteiger partial charge < -0.3 is 14.4 Å². The molecule has 0 aliphatic heterocycles. The van der Waals surface area contributed by atoms with Gasteiger partial charge in [-0.15, -0.1) is 54.1 Å². The van der Waals surface area contributed by atoms with Crippen molar-refractivity contribution in [1.82, 2.24) is 9.97 Å². The summed E-state index contributed by atoms with van der Waals surface area (Å²) in [6, 6.07) is 40.9. The van der Waals surface area contributed by atoms with Gasteiger partial charge in [-0.05, 0) is 74.0 Å². The summed E-state index contributed by atoms with van der Waals surface area (Å²) in [7, 11) is -1.50. The summed E-state index contributed by atoms with van der Waals surface area (Å²) in [5, 5.41) is 8.06. The summed E-state index contributed by atoms with van der Waals surface area (Å²) in [4.78, 5) is 9.17. The van der Waals surface area contributed by atoms with Crippen molar-refractivity contribution in [2.75, 3.05) is 0 Å². The molecule has 0 saturated carbocycles. The van der Waals surface area contributed by atoms with Crippen molar-refractivity contribution in [1.29, 1.82) is 0 Å². The first-order valence-electron chi connectivity index (χ1n) is 19.1. The Hall–Kier alpha value is -4.41. The van der Waals surface area contributed by atoms with E-state index in [2.05, 4.69) is 96.3 Å². The first kappa shape index (κ1) is 33.4. The molecule has 0 saturated heterocycles. The van der Waals surface area contributed by atoms with Crippen LogP contribution in [-0.2, 0) is 26.5 Å². The molecule has 8 aromatic rings. The fourth-order valence-corrected chi connectivity index (χ4v) is 8.26. The second-order valence-electron chi connectivity index (χ2n) is 15.5. The number of benzene rings is 5. The van der Waals surface area contributed by atoms with E-state index in [4.69, 9.17) is 8.53 Å². The van der Waals surface area contributed by atoms with Gasteiger partial charge >= 0.3 is 0 Å². The van der Waals surface area contributed by atoms with E-state index in [1.165, 1.54) is 21.3 Å². The first-order chi connectivity index (χ1) is 25.4. The van der Waals surface area contributed by atoms with Gasteiger partial charge in [-0.3, -0.25) is 0 Å². The molecule has 0 N–H and O–H groups in total. The predicted molar refractivity (Wildman–Crippen MR) is 220 cm³/mol. The minimum absolute atomic E-state index is 0. The van der Waals surface area contributed by atoms with Crippen LogP contribution in [0, 0.1) is 17.5 Å². The van der Waals surface area contributed by atoms with E-state index in [1.54, 1.807) is 12.3 Å². The fourth-order valence-electron chi connectivity index (χ4n) is 6.68. The van der Waals surface area contributed by atoms with Crippen LogP contribution < -0.4 is 5.19 Å². The summed E-state index contributed by atoms with van der Waals surface area (Å²) < 4.78 is 32.2. The van der Waals surface area contributed by atoms with E-state index < -0.39 is 25.8 Å². The largest absolute Gasteiger partial charge is 0.501 e. The van der Waals surface area contributed by atoms with Crippen LogP contribution in [0.2, 0.25) is 19.6 Å². The van der Waals surface area contributed by atoms with E-state index >= 15 is 0 Å². The molecular weight excluding hydrogens is 829 g/mol. The Labute approximate surface area is 327 Å². The number of fused-ring (bicyclic) bond motifs is 6. The Morgan fingerprint density at radius 2 is 1.54 bits per heavy atom. The third-order valence-electron chi connectivity index (χ3n) is 9.07. The minimum atomic E-state index is -1.51. The third-order valence-corrected chi connectivity index (χ3v) is 11.1. The van der Waals surface area contributed by atoms with Gasteiger partial charge in [0.05, 0.1) is 13.7 Å². The molecule has 5 aromatic carbocycles. The van der Waals surface area contributed by atoms with Gasteiger partial charge in [0.15, 0.2) is 0 Å². The van der Waals surface area contributed by atoms with Crippen LogP contribution >= 0.6 is 0 Å². The Balaban J connectivity index is 0.000000211. The van der Waals surface area contributed by atoms with E-state index in [0.717, 1.165) is 49.7 Å². The standard InChI is InChI=1S/C30H24NO.C17H22NSi.Ir/c1-30(2,3)18-19-13-14-31-27(15-19)24-10-6-9-23-26-16-21-12-11-20-7-4-5-8-22(20)25(21)17-28(26)32-29(23)24;1-13(2)15-11-16(14-9-7-6-8-10-14)18-12-17(15)19(3,4)5;/h4-9,11-17H,18H2,1-3H3;6-9,11-13H,1-5H3;/q2*-1;/i18D2;13D;. The number of hydrogen-bond donors (Lipinski definition) is 0. The maximum Gasteiger partial charge on any atom is 0.121 e. The SMILES string of the molecule is [2H]C(C)(C)c1cc(-c2[c-]cccc2)ncc1[Si](C)(C)C.[2H]C([2H])(c1ccnc(-c2[c-]ccc3c2oc2cc4c(ccc5ccccc54)cc23)c1)C(C)(C)C.[Ir]. The molecule has 3 aromatic heterocycles. The summed E-state index contributed by atoms with van der Waals surface area (Å²) in [5.41, 5.74) is 5.98. The van der Waals surface area contributed by atoms with Crippen LogP contribution in [0.4, 0.5) is 0 Å². The van der Waals surface area contributed by atoms with Crippen molar-refractivity contribution in [2.45, 2.75) is 66.5 Å². The molecule has 8 rings (SSSR count). The average molecular weight is 878 g/mol. The smallest absolute Gasteiger partial charge is 0.121 e.